The zero-order chi connectivity index (χ0) is 21.3. The Labute approximate surface area is 173 Å². The first kappa shape index (κ1) is 19.3. The summed E-state index contributed by atoms with van der Waals surface area (Å²) in [7, 11) is 1.58. The van der Waals surface area contributed by atoms with Crippen molar-refractivity contribution in [3.8, 4) is 28.6 Å². The van der Waals surface area contributed by atoms with Crippen LogP contribution in [-0.2, 0) is 0 Å². The van der Waals surface area contributed by atoms with Gasteiger partial charge in [0, 0.05) is 29.2 Å². The third-order valence-corrected chi connectivity index (χ3v) is 5.08. The van der Waals surface area contributed by atoms with Crippen molar-refractivity contribution in [2.75, 3.05) is 7.11 Å². The largest absolute Gasteiger partial charge is 0.507 e. The fourth-order valence-corrected chi connectivity index (χ4v) is 3.60. The highest BCUT2D eigenvalue weighted by molar-refractivity contribution is 5.90. The van der Waals surface area contributed by atoms with Crippen molar-refractivity contribution in [1.29, 1.82) is 0 Å². The summed E-state index contributed by atoms with van der Waals surface area (Å²) in [5.41, 5.74) is 1.62. The van der Waals surface area contributed by atoms with E-state index in [0.29, 0.717) is 22.6 Å². The first-order valence-corrected chi connectivity index (χ1v) is 9.38. The van der Waals surface area contributed by atoms with Crippen molar-refractivity contribution in [1.82, 2.24) is 0 Å². The predicted molar refractivity (Wildman–Crippen MR) is 116 cm³/mol. The number of fused-ring (bicyclic) bond motifs is 1. The van der Waals surface area contributed by atoms with Crippen molar-refractivity contribution in [2.45, 2.75) is 5.92 Å². The molecule has 2 N–H and O–H groups in total. The van der Waals surface area contributed by atoms with E-state index in [1.165, 1.54) is 6.07 Å². The molecule has 0 radical (unpaired) electrons. The van der Waals surface area contributed by atoms with Crippen LogP contribution in [0.2, 0.25) is 0 Å². The summed E-state index contributed by atoms with van der Waals surface area (Å²) in [5.74, 6) is 0.0375. The molecule has 4 rings (SSSR count). The van der Waals surface area contributed by atoms with E-state index < -0.39 is 11.3 Å². The molecule has 0 bridgehead atoms. The van der Waals surface area contributed by atoms with E-state index in [0.717, 1.165) is 11.6 Å². The van der Waals surface area contributed by atoms with Crippen LogP contribution < -0.4 is 10.2 Å². The molecule has 0 unspecified atom stereocenters. The molecule has 1 atom stereocenters. The van der Waals surface area contributed by atoms with E-state index in [1.54, 1.807) is 25.3 Å². The summed E-state index contributed by atoms with van der Waals surface area (Å²) in [4.78, 5) is 12.8. The molecule has 0 aliphatic heterocycles. The third-order valence-electron chi connectivity index (χ3n) is 5.08. The topological polar surface area (TPSA) is 79.9 Å². The minimum atomic E-state index is -0.479. The van der Waals surface area contributed by atoms with Gasteiger partial charge in [0.1, 0.15) is 34.0 Å². The maximum absolute atomic E-state index is 12.8. The molecule has 0 fully saturated rings. The second-order valence-corrected chi connectivity index (χ2v) is 6.86. The van der Waals surface area contributed by atoms with Crippen LogP contribution in [0.1, 0.15) is 17.0 Å². The number of hydrogen-bond acceptors (Lipinski definition) is 5. The van der Waals surface area contributed by atoms with Gasteiger partial charge in [0.2, 0.25) is 0 Å². The summed E-state index contributed by atoms with van der Waals surface area (Å²) in [6, 6.07) is 19.0. The smallest absolute Gasteiger partial charge is 0.197 e. The van der Waals surface area contributed by atoms with Crippen molar-refractivity contribution < 1.29 is 19.4 Å². The number of ether oxygens (including phenoxy) is 1. The lowest BCUT2D eigenvalue weighted by Crippen LogP contribution is -2.06. The molecule has 0 saturated heterocycles. The molecule has 5 nitrogen and oxygen atoms in total. The number of phenols is 2. The lowest BCUT2D eigenvalue weighted by Gasteiger charge is -2.18. The van der Waals surface area contributed by atoms with Gasteiger partial charge in [-0.25, -0.2) is 0 Å². The Morgan fingerprint density at radius 3 is 2.33 bits per heavy atom. The van der Waals surface area contributed by atoms with Gasteiger partial charge in [-0.05, 0) is 17.7 Å². The highest BCUT2D eigenvalue weighted by Crippen LogP contribution is 2.42. The summed E-state index contributed by atoms with van der Waals surface area (Å²) >= 11 is 0. The standard InChI is InChI=1S/C25H20O5/c1-3-18(15-9-11-17(29-2)12-10-15)23-19(26)13-20(27)24-21(28)14-22(30-25(23)24)16-7-5-4-6-8-16/h3-14,18,26-27H,1H2,2H3/t18-/m0/s1. The Morgan fingerprint density at radius 2 is 1.70 bits per heavy atom. The zero-order valence-electron chi connectivity index (χ0n) is 16.3. The number of benzene rings is 3. The van der Waals surface area contributed by atoms with Gasteiger partial charge in [-0.1, -0.05) is 48.5 Å². The molecular weight excluding hydrogens is 380 g/mol. The average molecular weight is 400 g/mol. The summed E-state index contributed by atoms with van der Waals surface area (Å²) in [6.45, 7) is 3.91. The SMILES string of the molecule is C=C[C@@H](c1ccc(OC)cc1)c1c(O)cc(O)c2c(=O)cc(-c3ccccc3)oc12. The number of aromatic hydroxyl groups is 2. The fourth-order valence-electron chi connectivity index (χ4n) is 3.60. The fraction of sp³-hybridized carbons (Fsp3) is 0.0800. The van der Waals surface area contributed by atoms with E-state index in [9.17, 15) is 15.0 Å². The normalized spacial score (nSPS) is 11.9. The van der Waals surface area contributed by atoms with E-state index in [4.69, 9.17) is 9.15 Å². The Bertz CT molecular complexity index is 1270. The van der Waals surface area contributed by atoms with Crippen LogP contribution in [0.3, 0.4) is 0 Å². The van der Waals surface area contributed by atoms with Gasteiger partial charge in [0.25, 0.3) is 0 Å². The quantitative estimate of drug-likeness (QED) is 0.450. The summed E-state index contributed by atoms with van der Waals surface area (Å²) < 4.78 is 11.3. The molecule has 0 amide bonds. The van der Waals surface area contributed by atoms with Gasteiger partial charge in [-0.2, -0.15) is 0 Å². The van der Waals surface area contributed by atoms with E-state index in [1.807, 2.05) is 42.5 Å². The molecule has 0 spiro atoms. The molecule has 5 heteroatoms. The monoisotopic (exact) mass is 400 g/mol. The predicted octanol–water partition coefficient (Wildman–Crippen LogP) is 5.20. The number of methoxy groups -OCH3 is 1. The molecule has 150 valence electrons. The molecule has 4 aromatic rings. The first-order chi connectivity index (χ1) is 14.5. The molecule has 0 aliphatic carbocycles. The molecular formula is C25H20O5. The minimum absolute atomic E-state index is 0.0165. The van der Waals surface area contributed by atoms with Gasteiger partial charge in [0.05, 0.1) is 7.11 Å². The van der Waals surface area contributed by atoms with Gasteiger partial charge in [-0.3, -0.25) is 4.79 Å². The van der Waals surface area contributed by atoms with Crippen molar-refractivity contribution >= 4 is 11.0 Å². The molecule has 1 heterocycles. The van der Waals surface area contributed by atoms with Crippen molar-refractivity contribution in [2.24, 2.45) is 0 Å². The third kappa shape index (κ3) is 3.31. The van der Waals surface area contributed by atoms with Crippen molar-refractivity contribution in [3.63, 3.8) is 0 Å². The lowest BCUT2D eigenvalue weighted by molar-refractivity contribution is 0.414. The van der Waals surface area contributed by atoms with E-state index in [2.05, 4.69) is 6.58 Å². The van der Waals surface area contributed by atoms with Crippen LogP contribution in [-0.4, -0.2) is 17.3 Å². The van der Waals surface area contributed by atoms with Crippen LogP contribution in [0.15, 0.2) is 88.6 Å². The van der Waals surface area contributed by atoms with Crippen molar-refractivity contribution in [3.05, 3.63) is 101 Å². The Balaban J connectivity index is 2.01. The number of rotatable bonds is 5. The van der Waals surface area contributed by atoms with E-state index >= 15 is 0 Å². The highest BCUT2D eigenvalue weighted by atomic mass is 16.5. The maximum Gasteiger partial charge on any atom is 0.197 e. The minimum Gasteiger partial charge on any atom is -0.507 e. The molecule has 3 aromatic carbocycles. The van der Waals surface area contributed by atoms with Gasteiger partial charge >= 0.3 is 0 Å². The molecule has 1 aromatic heterocycles. The maximum atomic E-state index is 12.8. The molecule has 0 saturated carbocycles. The van der Waals surface area contributed by atoms with Crippen LogP contribution in [0.4, 0.5) is 0 Å². The van der Waals surface area contributed by atoms with Crippen LogP contribution in [0.25, 0.3) is 22.3 Å². The van der Waals surface area contributed by atoms with Gasteiger partial charge in [-0.15, -0.1) is 6.58 Å². The summed E-state index contributed by atoms with van der Waals surface area (Å²) in [5, 5.41) is 21.1. The first-order valence-electron chi connectivity index (χ1n) is 9.38. The average Bonchev–Trinajstić information content (AvgIpc) is 2.76. The Morgan fingerprint density at radius 1 is 1.00 bits per heavy atom. The Hall–Kier alpha value is -3.99. The van der Waals surface area contributed by atoms with Gasteiger partial charge in [0.15, 0.2) is 5.43 Å². The molecule has 0 aliphatic rings. The van der Waals surface area contributed by atoms with Crippen LogP contribution >= 0.6 is 0 Å². The van der Waals surface area contributed by atoms with Gasteiger partial charge < -0.3 is 19.4 Å². The second-order valence-electron chi connectivity index (χ2n) is 6.86. The second kappa shape index (κ2) is 7.79. The summed E-state index contributed by atoms with van der Waals surface area (Å²) in [6.07, 6.45) is 1.66. The Kier molecular flexibility index (Phi) is 5.02. The number of hydrogen-bond donors (Lipinski definition) is 2. The van der Waals surface area contributed by atoms with E-state index in [-0.39, 0.29) is 22.5 Å². The van der Waals surface area contributed by atoms with Crippen LogP contribution in [0.5, 0.6) is 17.2 Å². The number of phenolic OH excluding ortho intramolecular Hbond substituents is 2. The molecule has 30 heavy (non-hydrogen) atoms. The lowest BCUT2D eigenvalue weighted by atomic mass is 9.89. The van der Waals surface area contributed by atoms with Crippen LogP contribution in [0, 0.1) is 0 Å². The number of allylic oxidation sites excluding steroid dienone is 1. The highest BCUT2D eigenvalue weighted by Gasteiger charge is 2.24. The zero-order valence-corrected chi connectivity index (χ0v) is 16.3.